The summed E-state index contributed by atoms with van der Waals surface area (Å²) in [7, 11) is 0. The Bertz CT molecular complexity index is 800. The maximum absolute atomic E-state index is 2.72. The first-order chi connectivity index (χ1) is 16.3. The molecule has 1 heterocycles. The van der Waals surface area contributed by atoms with Crippen LogP contribution in [-0.2, 0) is 6.42 Å². The summed E-state index contributed by atoms with van der Waals surface area (Å²) in [6.45, 7) is 9.26. The SMILES string of the molecule is CCCCCCCN1C=CN(CCCCC)C1(Cc1ccccc1)C(CC)c1ccccc1. The molecular formula is C31H46N2. The van der Waals surface area contributed by atoms with E-state index in [9.17, 15) is 0 Å². The van der Waals surface area contributed by atoms with Crippen LogP contribution in [-0.4, -0.2) is 28.6 Å². The third-order valence-corrected chi connectivity index (χ3v) is 7.40. The maximum Gasteiger partial charge on any atom is 0.123 e. The molecule has 0 saturated heterocycles. The minimum absolute atomic E-state index is 0.0457. The summed E-state index contributed by atoms with van der Waals surface area (Å²) in [6, 6.07) is 22.5. The number of hydrogen-bond donors (Lipinski definition) is 0. The molecule has 0 bridgehead atoms. The number of hydrogen-bond acceptors (Lipinski definition) is 2. The van der Waals surface area contributed by atoms with Crippen molar-refractivity contribution in [2.45, 2.75) is 96.6 Å². The largest absolute Gasteiger partial charge is 0.353 e. The summed E-state index contributed by atoms with van der Waals surface area (Å²) in [4.78, 5) is 5.43. The molecule has 33 heavy (non-hydrogen) atoms. The van der Waals surface area contributed by atoms with Crippen LogP contribution in [0.1, 0.15) is 95.6 Å². The molecule has 2 heteroatoms. The molecule has 1 aliphatic rings. The molecule has 0 aliphatic carbocycles. The number of benzene rings is 2. The van der Waals surface area contributed by atoms with Crippen LogP contribution < -0.4 is 0 Å². The van der Waals surface area contributed by atoms with E-state index in [1.54, 1.807) is 0 Å². The second-order valence-electron chi connectivity index (χ2n) is 9.72. The van der Waals surface area contributed by atoms with Crippen LogP contribution in [0.4, 0.5) is 0 Å². The molecule has 0 saturated carbocycles. The molecule has 2 atom stereocenters. The van der Waals surface area contributed by atoms with Crippen LogP contribution in [0, 0.1) is 0 Å². The van der Waals surface area contributed by atoms with Gasteiger partial charge in [0.05, 0.1) is 0 Å². The molecule has 2 aromatic rings. The first-order valence-electron chi connectivity index (χ1n) is 13.6. The Morgan fingerprint density at radius 1 is 0.636 bits per heavy atom. The van der Waals surface area contributed by atoms with Crippen molar-refractivity contribution < 1.29 is 0 Å². The van der Waals surface area contributed by atoms with Crippen LogP contribution in [0.3, 0.4) is 0 Å². The van der Waals surface area contributed by atoms with Gasteiger partial charge in [0, 0.05) is 37.8 Å². The predicted octanol–water partition coefficient (Wildman–Crippen LogP) is 8.37. The van der Waals surface area contributed by atoms with E-state index in [-0.39, 0.29) is 5.66 Å². The maximum atomic E-state index is 2.72. The molecule has 0 aromatic heterocycles. The van der Waals surface area contributed by atoms with Crippen LogP contribution in [0.25, 0.3) is 0 Å². The second kappa shape index (κ2) is 13.5. The van der Waals surface area contributed by atoms with Gasteiger partial charge in [0.2, 0.25) is 0 Å². The first kappa shape index (κ1) is 25.4. The molecule has 0 radical (unpaired) electrons. The highest BCUT2D eigenvalue weighted by molar-refractivity contribution is 5.30. The highest BCUT2D eigenvalue weighted by Crippen LogP contribution is 2.45. The molecule has 0 N–H and O–H groups in total. The molecule has 0 fully saturated rings. The first-order valence-corrected chi connectivity index (χ1v) is 13.6. The van der Waals surface area contributed by atoms with Crippen molar-refractivity contribution >= 4 is 0 Å². The quantitative estimate of drug-likeness (QED) is 0.253. The van der Waals surface area contributed by atoms with Gasteiger partial charge in [-0.25, -0.2) is 0 Å². The Labute approximate surface area is 203 Å². The molecule has 0 spiro atoms. The highest BCUT2D eigenvalue weighted by atomic mass is 15.4. The van der Waals surface area contributed by atoms with E-state index >= 15 is 0 Å². The van der Waals surface area contributed by atoms with E-state index in [1.165, 1.54) is 62.5 Å². The van der Waals surface area contributed by atoms with E-state index in [2.05, 4.69) is 104 Å². The van der Waals surface area contributed by atoms with Gasteiger partial charge in [-0.2, -0.15) is 0 Å². The van der Waals surface area contributed by atoms with Gasteiger partial charge < -0.3 is 9.80 Å². The van der Waals surface area contributed by atoms with Crippen molar-refractivity contribution in [1.82, 2.24) is 9.80 Å². The minimum Gasteiger partial charge on any atom is -0.353 e. The van der Waals surface area contributed by atoms with Crippen LogP contribution >= 0.6 is 0 Å². The van der Waals surface area contributed by atoms with E-state index in [0.717, 1.165) is 25.9 Å². The van der Waals surface area contributed by atoms with Crippen LogP contribution in [0.15, 0.2) is 73.1 Å². The Hall–Kier alpha value is -2.22. The lowest BCUT2D eigenvalue weighted by Crippen LogP contribution is -2.59. The summed E-state index contributed by atoms with van der Waals surface area (Å²) in [5.74, 6) is 0.450. The van der Waals surface area contributed by atoms with E-state index < -0.39 is 0 Å². The lowest BCUT2D eigenvalue weighted by Gasteiger charge is -2.51. The van der Waals surface area contributed by atoms with Gasteiger partial charge in [0.15, 0.2) is 0 Å². The van der Waals surface area contributed by atoms with Crippen molar-refractivity contribution in [3.8, 4) is 0 Å². The van der Waals surface area contributed by atoms with E-state index in [0.29, 0.717) is 5.92 Å². The second-order valence-corrected chi connectivity index (χ2v) is 9.72. The predicted molar refractivity (Wildman–Crippen MR) is 143 cm³/mol. The summed E-state index contributed by atoms with van der Waals surface area (Å²) >= 11 is 0. The average Bonchev–Trinajstić information content (AvgIpc) is 3.18. The number of nitrogens with zero attached hydrogens (tertiary/aromatic N) is 2. The smallest absolute Gasteiger partial charge is 0.123 e. The topological polar surface area (TPSA) is 6.48 Å². The van der Waals surface area contributed by atoms with Crippen molar-refractivity contribution in [3.63, 3.8) is 0 Å². The van der Waals surface area contributed by atoms with Crippen molar-refractivity contribution in [1.29, 1.82) is 0 Å². The molecular weight excluding hydrogens is 400 g/mol. The summed E-state index contributed by atoms with van der Waals surface area (Å²) in [6.07, 6.45) is 17.5. The summed E-state index contributed by atoms with van der Waals surface area (Å²) in [5, 5.41) is 0. The monoisotopic (exact) mass is 446 g/mol. The van der Waals surface area contributed by atoms with Crippen molar-refractivity contribution in [3.05, 3.63) is 84.2 Å². The normalized spacial score (nSPS) is 18.8. The summed E-state index contributed by atoms with van der Waals surface area (Å²) in [5.41, 5.74) is 2.86. The van der Waals surface area contributed by atoms with Gasteiger partial charge in [-0.15, -0.1) is 0 Å². The van der Waals surface area contributed by atoms with Crippen molar-refractivity contribution in [2.75, 3.05) is 13.1 Å². The fourth-order valence-corrected chi connectivity index (χ4v) is 5.68. The van der Waals surface area contributed by atoms with E-state index in [4.69, 9.17) is 0 Å². The standard InChI is InChI=1S/C31H46N2/c1-4-7-9-10-18-24-33-26-25-32(23-17-8-5-2)31(33,27-28-19-13-11-14-20-28)30(6-3)29-21-15-12-16-22-29/h11-16,19-22,25-26,30H,4-10,17-18,23-24,27H2,1-3H3. The molecule has 2 unspecified atom stereocenters. The lowest BCUT2D eigenvalue weighted by molar-refractivity contribution is -0.00372. The molecule has 3 rings (SSSR count). The van der Waals surface area contributed by atoms with Gasteiger partial charge >= 0.3 is 0 Å². The molecule has 2 nitrogen and oxygen atoms in total. The lowest BCUT2D eigenvalue weighted by atomic mass is 9.78. The molecule has 2 aromatic carbocycles. The van der Waals surface area contributed by atoms with Gasteiger partial charge in [0.25, 0.3) is 0 Å². The zero-order valence-corrected chi connectivity index (χ0v) is 21.4. The fraction of sp³-hybridized carbons (Fsp3) is 0.548. The molecule has 180 valence electrons. The minimum atomic E-state index is -0.0457. The third kappa shape index (κ3) is 6.43. The van der Waals surface area contributed by atoms with Gasteiger partial charge in [-0.3, -0.25) is 0 Å². The highest BCUT2D eigenvalue weighted by Gasteiger charge is 2.49. The van der Waals surface area contributed by atoms with Gasteiger partial charge in [-0.1, -0.05) is 120 Å². The zero-order chi connectivity index (χ0) is 23.4. The van der Waals surface area contributed by atoms with Crippen LogP contribution in [0.5, 0.6) is 0 Å². The Morgan fingerprint density at radius 2 is 1.15 bits per heavy atom. The van der Waals surface area contributed by atoms with Gasteiger partial charge in [-0.05, 0) is 30.4 Å². The fourth-order valence-electron chi connectivity index (χ4n) is 5.68. The Kier molecular flexibility index (Phi) is 10.4. The van der Waals surface area contributed by atoms with E-state index in [1.807, 2.05) is 0 Å². The number of rotatable bonds is 15. The molecule has 1 aliphatic heterocycles. The Balaban J connectivity index is 1.97. The summed E-state index contributed by atoms with van der Waals surface area (Å²) < 4.78 is 0. The molecule has 0 amide bonds. The van der Waals surface area contributed by atoms with Crippen molar-refractivity contribution in [2.24, 2.45) is 0 Å². The van der Waals surface area contributed by atoms with Gasteiger partial charge in [0.1, 0.15) is 5.66 Å². The average molecular weight is 447 g/mol. The third-order valence-electron chi connectivity index (χ3n) is 7.40. The zero-order valence-electron chi connectivity index (χ0n) is 21.4. The Morgan fingerprint density at radius 3 is 1.73 bits per heavy atom. The van der Waals surface area contributed by atoms with Crippen LogP contribution in [0.2, 0.25) is 0 Å². The number of unbranched alkanes of at least 4 members (excludes halogenated alkanes) is 6.